The molecule has 0 aliphatic rings. The van der Waals surface area contributed by atoms with Crippen molar-refractivity contribution in [3.8, 4) is 0 Å². The van der Waals surface area contributed by atoms with Crippen molar-refractivity contribution in [2.24, 2.45) is 0 Å². The highest BCUT2D eigenvalue weighted by atomic mass is 31.2. The second kappa shape index (κ2) is 74.7. The summed E-state index contributed by atoms with van der Waals surface area (Å²) in [5, 5.41) is 10.6. The third kappa shape index (κ3) is 73.8. The maximum Gasteiger partial charge on any atom is 0.472 e. The Morgan fingerprint density at radius 2 is 0.549 bits per heavy atom. The molecule has 586 valence electrons. The minimum Gasteiger partial charge on any atom is -0.462 e. The first kappa shape index (κ1) is 97.5. The number of ether oxygens (including phenoxy) is 4. The number of carbonyl (C=O) groups excluding carboxylic acids is 4. The molecule has 0 aromatic heterocycles. The van der Waals surface area contributed by atoms with Gasteiger partial charge in [-0.2, -0.15) is 0 Å². The number of aliphatic hydroxyl groups excluding tert-OH is 1. The average Bonchev–Trinajstić information content (AvgIpc) is 0.909. The first-order chi connectivity index (χ1) is 49.7. The van der Waals surface area contributed by atoms with Gasteiger partial charge in [0.05, 0.1) is 32.8 Å². The lowest BCUT2D eigenvalue weighted by Gasteiger charge is -2.21. The third-order valence-electron chi connectivity index (χ3n) is 16.4. The van der Waals surface area contributed by atoms with Crippen molar-refractivity contribution in [1.29, 1.82) is 0 Å². The monoisotopic (exact) mass is 1470 g/mol. The summed E-state index contributed by atoms with van der Waals surface area (Å²) >= 11 is 0. The molecule has 0 aliphatic heterocycles. The van der Waals surface area contributed by atoms with Gasteiger partial charge in [-0.15, -0.1) is 0 Å². The van der Waals surface area contributed by atoms with Crippen LogP contribution in [0.15, 0.2) is 122 Å². The number of esters is 4. The Bertz CT molecular complexity index is 2410. The van der Waals surface area contributed by atoms with Crippen LogP contribution in [-0.2, 0) is 65.4 Å². The minimum absolute atomic E-state index is 0.0635. The third-order valence-corrected chi connectivity index (χ3v) is 18.3. The van der Waals surface area contributed by atoms with E-state index < -0.39 is 97.5 Å². The highest BCUT2D eigenvalue weighted by Gasteiger charge is 2.30. The summed E-state index contributed by atoms with van der Waals surface area (Å²) in [6, 6.07) is 0. The van der Waals surface area contributed by atoms with Gasteiger partial charge in [0.25, 0.3) is 0 Å². The fourth-order valence-electron chi connectivity index (χ4n) is 10.3. The van der Waals surface area contributed by atoms with E-state index in [0.29, 0.717) is 25.7 Å². The van der Waals surface area contributed by atoms with E-state index in [9.17, 15) is 43.2 Å². The maximum absolute atomic E-state index is 13.1. The van der Waals surface area contributed by atoms with E-state index in [0.717, 1.165) is 161 Å². The topological polar surface area (TPSA) is 237 Å². The number of phosphoric ester groups is 2. The van der Waals surface area contributed by atoms with E-state index in [4.69, 9.17) is 37.0 Å². The molecular formula is C83H142O17P2. The molecule has 0 spiro atoms. The molecule has 5 unspecified atom stereocenters. The van der Waals surface area contributed by atoms with Crippen molar-refractivity contribution in [3.05, 3.63) is 122 Å². The summed E-state index contributed by atoms with van der Waals surface area (Å²) in [4.78, 5) is 72.9. The Hall–Kier alpha value is -4.54. The van der Waals surface area contributed by atoms with Crippen LogP contribution in [0.3, 0.4) is 0 Å². The normalized spacial score (nSPS) is 14.5. The van der Waals surface area contributed by atoms with Gasteiger partial charge in [0.1, 0.15) is 19.3 Å². The van der Waals surface area contributed by atoms with Crippen LogP contribution in [0.2, 0.25) is 0 Å². The molecule has 5 atom stereocenters. The quantitative estimate of drug-likeness (QED) is 0.0169. The predicted octanol–water partition coefficient (Wildman–Crippen LogP) is 23.1. The molecule has 0 saturated heterocycles. The standard InChI is InChI=1S/C83H142O17P2/c1-5-9-13-17-21-25-29-33-36-37-38-39-42-45-48-52-56-60-64-68-81(86)94-74-79(100-83(88)70-66-62-58-54-50-46-41-35-31-27-23-19-15-11-7-3)76-98-102(91,92)96-72-77(84)71-95-101(89,90)97-75-78(99-82(87)69-65-61-57-53-49-43-32-28-24-20-16-12-8-4)73-93-80(85)67-63-59-55-51-47-44-40-34-30-26-22-18-14-10-6-2/h10,14,21-22,25-26,28,32-36,38-41,47,51,59,63,77-79,84H,5-9,11-13,15-20,23-24,27,29-31,37,42-46,48-50,52-58,60-62,64-76H2,1-4H3,(H,89,90)(H,91,92)/b14-10-,25-21-,26-22-,32-28-,36-33-,39-38-,40-34-,41-35-,51-47-,63-59-. The molecule has 0 bridgehead atoms. The summed E-state index contributed by atoms with van der Waals surface area (Å²) in [5.74, 6) is -2.35. The molecule has 0 amide bonds. The Morgan fingerprint density at radius 3 is 0.912 bits per heavy atom. The summed E-state index contributed by atoms with van der Waals surface area (Å²) in [6.45, 7) is 4.58. The second-order valence-electron chi connectivity index (χ2n) is 26.3. The average molecular weight is 1470 g/mol. The zero-order valence-electron chi connectivity index (χ0n) is 64.0. The number of aliphatic hydroxyl groups is 1. The Labute approximate surface area is 619 Å². The SMILES string of the molecule is CC/C=C\C/C=C\C/C=C\C/C=C\C/C=C\CC(=O)OCC(COP(=O)(O)OCC(O)COP(=O)(O)OCC(COC(=O)CCCCCCCC/C=C\C/C=C\C/C=C\CCCCC)OC(=O)CCCCCCC/C=C\CCCCCCCC)OC(=O)CCCCCCC/C=C\CCCCCC. The van der Waals surface area contributed by atoms with Gasteiger partial charge in [-0.25, -0.2) is 9.13 Å². The molecule has 0 rings (SSSR count). The molecule has 0 aromatic rings. The van der Waals surface area contributed by atoms with Crippen LogP contribution in [0.4, 0.5) is 0 Å². The van der Waals surface area contributed by atoms with Crippen molar-refractivity contribution < 1.29 is 80.2 Å². The fraction of sp³-hybridized carbons (Fsp3) is 0.711. The van der Waals surface area contributed by atoms with Crippen molar-refractivity contribution in [2.75, 3.05) is 39.6 Å². The van der Waals surface area contributed by atoms with E-state index in [2.05, 4.69) is 125 Å². The zero-order chi connectivity index (χ0) is 74.6. The van der Waals surface area contributed by atoms with Crippen LogP contribution in [-0.4, -0.2) is 96.7 Å². The van der Waals surface area contributed by atoms with E-state index >= 15 is 0 Å². The lowest BCUT2D eigenvalue weighted by atomic mass is 10.1. The van der Waals surface area contributed by atoms with Gasteiger partial charge in [0, 0.05) is 19.3 Å². The molecule has 0 radical (unpaired) electrons. The first-order valence-corrected chi connectivity index (χ1v) is 42.8. The minimum atomic E-state index is -5.00. The predicted molar refractivity (Wildman–Crippen MR) is 418 cm³/mol. The van der Waals surface area contributed by atoms with Crippen LogP contribution in [0.1, 0.15) is 323 Å². The van der Waals surface area contributed by atoms with Gasteiger partial charge in [-0.1, -0.05) is 278 Å². The number of unbranched alkanes of at least 4 members (excludes halogenated alkanes) is 29. The molecule has 0 saturated carbocycles. The van der Waals surface area contributed by atoms with Crippen LogP contribution >= 0.6 is 15.6 Å². The molecule has 0 aromatic carbocycles. The lowest BCUT2D eigenvalue weighted by molar-refractivity contribution is -0.161. The Morgan fingerprint density at radius 1 is 0.294 bits per heavy atom. The Kier molecular flexibility index (Phi) is 71.4. The smallest absolute Gasteiger partial charge is 0.462 e. The van der Waals surface area contributed by atoms with Gasteiger partial charge >= 0.3 is 39.5 Å². The maximum atomic E-state index is 13.1. The molecule has 17 nitrogen and oxygen atoms in total. The summed E-state index contributed by atoms with van der Waals surface area (Å²) in [7, 11) is -9.99. The molecule has 0 aliphatic carbocycles. The summed E-state index contributed by atoms with van der Waals surface area (Å²) < 4.78 is 68.4. The van der Waals surface area contributed by atoms with Crippen molar-refractivity contribution >= 4 is 39.5 Å². The van der Waals surface area contributed by atoms with Gasteiger partial charge < -0.3 is 33.8 Å². The van der Waals surface area contributed by atoms with Gasteiger partial charge in [0.15, 0.2) is 12.2 Å². The first-order valence-electron chi connectivity index (χ1n) is 39.8. The fourth-order valence-corrected chi connectivity index (χ4v) is 11.9. The highest BCUT2D eigenvalue weighted by molar-refractivity contribution is 7.47. The van der Waals surface area contributed by atoms with Gasteiger partial charge in [-0.3, -0.25) is 37.3 Å². The van der Waals surface area contributed by atoms with Crippen molar-refractivity contribution in [1.82, 2.24) is 0 Å². The molecular weight excluding hydrogens is 1330 g/mol. The van der Waals surface area contributed by atoms with Crippen LogP contribution in [0, 0.1) is 0 Å². The van der Waals surface area contributed by atoms with Crippen LogP contribution < -0.4 is 0 Å². The number of rotatable bonds is 74. The zero-order valence-corrected chi connectivity index (χ0v) is 65.8. The number of carbonyl (C=O) groups is 4. The summed E-state index contributed by atoms with van der Waals surface area (Å²) in [5.41, 5.74) is 0. The van der Waals surface area contributed by atoms with Gasteiger partial charge in [0.2, 0.25) is 0 Å². The van der Waals surface area contributed by atoms with E-state index in [1.54, 1.807) is 6.08 Å². The molecule has 3 N–H and O–H groups in total. The van der Waals surface area contributed by atoms with Crippen molar-refractivity contribution in [3.63, 3.8) is 0 Å². The second-order valence-corrected chi connectivity index (χ2v) is 29.2. The number of phosphoric acid groups is 2. The lowest BCUT2D eigenvalue weighted by Crippen LogP contribution is -2.30. The van der Waals surface area contributed by atoms with Crippen molar-refractivity contribution in [2.45, 2.75) is 341 Å². The molecule has 0 fully saturated rings. The van der Waals surface area contributed by atoms with Crippen LogP contribution in [0.5, 0.6) is 0 Å². The van der Waals surface area contributed by atoms with E-state index in [1.165, 1.54) is 83.5 Å². The van der Waals surface area contributed by atoms with E-state index in [-0.39, 0.29) is 25.7 Å². The Balaban J connectivity index is 5.42. The molecule has 102 heavy (non-hydrogen) atoms. The van der Waals surface area contributed by atoms with Crippen LogP contribution in [0.25, 0.3) is 0 Å². The number of hydrogen-bond acceptors (Lipinski definition) is 15. The molecule has 0 heterocycles. The summed E-state index contributed by atoms with van der Waals surface area (Å²) in [6.07, 6.45) is 82.1. The largest absolute Gasteiger partial charge is 0.472 e. The molecule has 19 heteroatoms. The number of hydrogen-bond donors (Lipinski definition) is 3. The van der Waals surface area contributed by atoms with Gasteiger partial charge in [-0.05, 0) is 141 Å². The highest BCUT2D eigenvalue weighted by Crippen LogP contribution is 2.45. The van der Waals surface area contributed by atoms with E-state index in [1.807, 2.05) is 18.2 Å². The number of allylic oxidation sites excluding steroid dienone is 19.